The van der Waals surface area contributed by atoms with Crippen molar-refractivity contribution in [3.05, 3.63) is 69.3 Å². The monoisotopic (exact) mass is 335 g/mol. The van der Waals surface area contributed by atoms with Gasteiger partial charge in [-0.3, -0.25) is 0 Å². The molecule has 0 saturated heterocycles. The standard InChI is InChI=1S/C15H11BrClNO/c16-11-3-6-13-10(7-11)8-14(19-13)15(18)9-1-4-12(17)5-2-9/h1-8,15H,18H2. The highest BCUT2D eigenvalue weighted by molar-refractivity contribution is 9.10. The first-order valence-electron chi connectivity index (χ1n) is 5.83. The van der Waals surface area contributed by atoms with Gasteiger partial charge in [0.25, 0.3) is 0 Å². The number of hydrogen-bond acceptors (Lipinski definition) is 2. The molecule has 0 amide bonds. The Morgan fingerprint density at radius 1 is 1.05 bits per heavy atom. The van der Waals surface area contributed by atoms with Gasteiger partial charge in [-0.1, -0.05) is 39.7 Å². The van der Waals surface area contributed by atoms with Crippen LogP contribution in [0.2, 0.25) is 5.02 Å². The van der Waals surface area contributed by atoms with Crippen molar-refractivity contribution in [2.45, 2.75) is 6.04 Å². The van der Waals surface area contributed by atoms with Crippen LogP contribution in [0.5, 0.6) is 0 Å². The molecule has 1 unspecified atom stereocenters. The second kappa shape index (κ2) is 5.00. The van der Waals surface area contributed by atoms with Crippen molar-refractivity contribution < 1.29 is 4.42 Å². The number of rotatable bonds is 2. The molecule has 2 nitrogen and oxygen atoms in total. The van der Waals surface area contributed by atoms with E-state index < -0.39 is 0 Å². The van der Waals surface area contributed by atoms with E-state index in [0.29, 0.717) is 5.02 Å². The smallest absolute Gasteiger partial charge is 0.134 e. The lowest BCUT2D eigenvalue weighted by atomic mass is 10.1. The molecular formula is C15H11BrClNO. The van der Waals surface area contributed by atoms with Crippen molar-refractivity contribution in [1.29, 1.82) is 0 Å². The highest BCUT2D eigenvalue weighted by Crippen LogP contribution is 2.29. The van der Waals surface area contributed by atoms with Gasteiger partial charge >= 0.3 is 0 Å². The Morgan fingerprint density at radius 3 is 2.53 bits per heavy atom. The van der Waals surface area contributed by atoms with Gasteiger partial charge in [0.15, 0.2) is 0 Å². The number of hydrogen-bond donors (Lipinski definition) is 1. The molecule has 1 aromatic heterocycles. The number of nitrogens with two attached hydrogens (primary N) is 1. The van der Waals surface area contributed by atoms with Crippen molar-refractivity contribution in [3.8, 4) is 0 Å². The Balaban J connectivity index is 2.01. The molecule has 3 rings (SSSR count). The molecule has 4 heteroatoms. The molecule has 0 saturated carbocycles. The predicted molar refractivity (Wildman–Crippen MR) is 81.4 cm³/mol. The first-order chi connectivity index (χ1) is 9.13. The van der Waals surface area contributed by atoms with Crippen LogP contribution in [0.15, 0.2) is 57.4 Å². The SMILES string of the molecule is NC(c1ccc(Cl)cc1)c1cc2cc(Br)ccc2o1. The van der Waals surface area contributed by atoms with Crippen LogP contribution < -0.4 is 5.73 Å². The summed E-state index contributed by atoms with van der Waals surface area (Å²) < 4.78 is 6.81. The van der Waals surface area contributed by atoms with E-state index >= 15 is 0 Å². The summed E-state index contributed by atoms with van der Waals surface area (Å²) in [5, 5.41) is 1.73. The number of furan rings is 1. The van der Waals surface area contributed by atoms with Crippen LogP contribution in [0.3, 0.4) is 0 Å². The van der Waals surface area contributed by atoms with Crippen molar-refractivity contribution >= 4 is 38.5 Å². The molecule has 0 aliphatic carbocycles. The van der Waals surface area contributed by atoms with E-state index in [4.69, 9.17) is 21.8 Å². The zero-order valence-electron chi connectivity index (χ0n) is 9.94. The Labute approximate surface area is 124 Å². The Hall–Kier alpha value is -1.29. The zero-order valence-corrected chi connectivity index (χ0v) is 12.3. The second-order valence-electron chi connectivity index (χ2n) is 4.36. The van der Waals surface area contributed by atoms with Gasteiger partial charge in [0.1, 0.15) is 11.3 Å². The minimum absolute atomic E-state index is 0.288. The lowest BCUT2D eigenvalue weighted by Gasteiger charge is -2.08. The maximum Gasteiger partial charge on any atom is 0.134 e. The third kappa shape index (κ3) is 2.54. The van der Waals surface area contributed by atoms with Crippen LogP contribution in [0.1, 0.15) is 17.4 Å². The third-order valence-corrected chi connectivity index (χ3v) is 3.78. The molecule has 1 heterocycles. The van der Waals surface area contributed by atoms with E-state index in [1.807, 2.05) is 48.5 Å². The molecule has 0 aliphatic rings. The highest BCUT2D eigenvalue weighted by Gasteiger charge is 2.14. The minimum atomic E-state index is -0.288. The average Bonchev–Trinajstić information content (AvgIpc) is 2.81. The second-order valence-corrected chi connectivity index (χ2v) is 5.71. The molecule has 0 fully saturated rings. The maximum atomic E-state index is 6.22. The van der Waals surface area contributed by atoms with E-state index in [9.17, 15) is 0 Å². The van der Waals surface area contributed by atoms with Crippen molar-refractivity contribution in [2.75, 3.05) is 0 Å². The normalized spacial score (nSPS) is 12.8. The summed E-state index contributed by atoms with van der Waals surface area (Å²) in [5.41, 5.74) is 8.03. The molecule has 2 N–H and O–H groups in total. The molecule has 2 aromatic carbocycles. The molecule has 0 spiro atoms. The molecule has 19 heavy (non-hydrogen) atoms. The summed E-state index contributed by atoms with van der Waals surface area (Å²) in [4.78, 5) is 0. The zero-order chi connectivity index (χ0) is 13.4. The maximum absolute atomic E-state index is 6.22. The predicted octanol–water partition coefficient (Wildman–Crippen LogP) is 4.90. The van der Waals surface area contributed by atoms with E-state index in [0.717, 1.165) is 26.8 Å². The van der Waals surface area contributed by atoms with Crippen LogP contribution in [-0.2, 0) is 0 Å². The van der Waals surface area contributed by atoms with Gasteiger partial charge in [-0.2, -0.15) is 0 Å². The fourth-order valence-corrected chi connectivity index (χ4v) is 2.53. The molecule has 1 atom stereocenters. The van der Waals surface area contributed by atoms with Gasteiger partial charge < -0.3 is 10.2 Å². The van der Waals surface area contributed by atoms with E-state index in [1.54, 1.807) is 0 Å². The topological polar surface area (TPSA) is 39.2 Å². The van der Waals surface area contributed by atoms with Crippen molar-refractivity contribution in [1.82, 2.24) is 0 Å². The molecule has 0 aliphatic heterocycles. The fourth-order valence-electron chi connectivity index (χ4n) is 2.02. The minimum Gasteiger partial charge on any atom is -0.459 e. The van der Waals surface area contributed by atoms with Gasteiger partial charge in [0, 0.05) is 14.9 Å². The largest absolute Gasteiger partial charge is 0.459 e. The lowest BCUT2D eigenvalue weighted by Crippen LogP contribution is -2.10. The molecule has 96 valence electrons. The van der Waals surface area contributed by atoms with Crippen LogP contribution in [0.4, 0.5) is 0 Å². The lowest BCUT2D eigenvalue weighted by molar-refractivity contribution is 0.525. The Morgan fingerprint density at radius 2 is 1.79 bits per heavy atom. The molecular weight excluding hydrogens is 326 g/mol. The van der Waals surface area contributed by atoms with E-state index in [-0.39, 0.29) is 6.04 Å². The quantitative estimate of drug-likeness (QED) is 0.723. The van der Waals surface area contributed by atoms with Crippen LogP contribution >= 0.6 is 27.5 Å². The number of halogens is 2. The van der Waals surface area contributed by atoms with Gasteiger partial charge in [-0.25, -0.2) is 0 Å². The Kier molecular flexibility index (Phi) is 3.35. The summed E-state index contributed by atoms with van der Waals surface area (Å²) in [6.07, 6.45) is 0. The van der Waals surface area contributed by atoms with Crippen molar-refractivity contribution in [2.24, 2.45) is 5.73 Å². The summed E-state index contributed by atoms with van der Waals surface area (Å²) in [6, 6.07) is 15.1. The number of benzene rings is 2. The molecule has 0 radical (unpaired) electrons. The molecule has 3 aromatic rings. The van der Waals surface area contributed by atoms with E-state index in [1.165, 1.54) is 0 Å². The first kappa shape index (κ1) is 12.7. The van der Waals surface area contributed by atoms with Crippen LogP contribution in [0.25, 0.3) is 11.0 Å². The van der Waals surface area contributed by atoms with Gasteiger partial charge in [0.2, 0.25) is 0 Å². The fraction of sp³-hybridized carbons (Fsp3) is 0.0667. The first-order valence-corrected chi connectivity index (χ1v) is 7.00. The van der Waals surface area contributed by atoms with Crippen molar-refractivity contribution in [3.63, 3.8) is 0 Å². The summed E-state index contributed by atoms with van der Waals surface area (Å²) in [5.74, 6) is 0.746. The van der Waals surface area contributed by atoms with Crippen LogP contribution in [-0.4, -0.2) is 0 Å². The van der Waals surface area contributed by atoms with E-state index in [2.05, 4.69) is 15.9 Å². The number of fused-ring (bicyclic) bond motifs is 1. The Bertz CT molecular complexity index is 721. The highest BCUT2D eigenvalue weighted by atomic mass is 79.9. The van der Waals surface area contributed by atoms with Gasteiger partial charge in [-0.15, -0.1) is 0 Å². The molecule has 0 bridgehead atoms. The summed E-state index contributed by atoms with van der Waals surface area (Å²) in [6.45, 7) is 0. The van der Waals surface area contributed by atoms with Gasteiger partial charge in [-0.05, 0) is 42.0 Å². The van der Waals surface area contributed by atoms with Gasteiger partial charge in [0.05, 0.1) is 6.04 Å². The summed E-state index contributed by atoms with van der Waals surface area (Å²) in [7, 11) is 0. The summed E-state index contributed by atoms with van der Waals surface area (Å²) >= 11 is 9.32. The van der Waals surface area contributed by atoms with Crippen LogP contribution in [0, 0.1) is 0 Å². The average molecular weight is 337 g/mol. The third-order valence-electron chi connectivity index (χ3n) is 3.03.